The molecule has 0 radical (unpaired) electrons. The van der Waals surface area contributed by atoms with Crippen LogP contribution in [-0.4, -0.2) is 12.0 Å². The highest BCUT2D eigenvalue weighted by atomic mass is 15.0. The first kappa shape index (κ1) is 3.21. The zero-order valence-corrected chi connectivity index (χ0v) is 5.04. The Labute approximate surface area is 53.3 Å². The minimum atomic E-state index is -1.07. The molecule has 0 aromatic rings. The molecule has 1 N–H and O–H groups in total. The van der Waals surface area contributed by atoms with E-state index in [1.54, 1.807) is 0 Å². The third kappa shape index (κ3) is 0.655. The summed E-state index contributed by atoms with van der Waals surface area (Å²) in [6.07, 6.45) is 5.31. The molecule has 2 rings (SSSR count). The fraction of sp³-hybridized carbons (Fsp3) is 1.00. The largest absolute Gasteiger partial charge is 0.311 e. The van der Waals surface area contributed by atoms with Gasteiger partial charge in [0.05, 0.1) is 0 Å². The van der Waals surface area contributed by atoms with Crippen LogP contribution in [0.15, 0.2) is 0 Å². The van der Waals surface area contributed by atoms with Crippen molar-refractivity contribution in [1.82, 2.24) is 5.32 Å². The molecule has 8 heavy (non-hydrogen) atoms. The van der Waals surface area contributed by atoms with Crippen molar-refractivity contribution in [1.29, 1.82) is 0 Å². The van der Waals surface area contributed by atoms with Gasteiger partial charge in [-0.15, -0.1) is 0 Å². The van der Waals surface area contributed by atoms with Gasteiger partial charge in [-0.25, -0.2) is 0 Å². The van der Waals surface area contributed by atoms with E-state index in [0.717, 1.165) is 6.42 Å². The van der Waals surface area contributed by atoms with Crippen LogP contribution in [0.2, 0.25) is 0 Å². The van der Waals surface area contributed by atoms with Crippen molar-refractivity contribution in [2.24, 2.45) is 0 Å². The average Bonchev–Trinajstić information content (AvgIpc) is 2.45. The van der Waals surface area contributed by atoms with Gasteiger partial charge in [-0.05, 0) is 32.2 Å². The Morgan fingerprint density at radius 2 is 2.12 bits per heavy atom. The van der Waals surface area contributed by atoms with Crippen molar-refractivity contribution in [3.8, 4) is 0 Å². The minimum Gasteiger partial charge on any atom is -0.311 e. The van der Waals surface area contributed by atoms with Gasteiger partial charge in [0.1, 0.15) is 0 Å². The topological polar surface area (TPSA) is 12.0 Å². The summed E-state index contributed by atoms with van der Waals surface area (Å²) in [7, 11) is 0. The Hall–Kier alpha value is -0.0400. The van der Waals surface area contributed by atoms with Crippen molar-refractivity contribution in [2.75, 3.05) is 6.50 Å². The number of piperidine rings is 1. The molecule has 1 nitrogen and oxygen atoms in total. The van der Waals surface area contributed by atoms with Crippen LogP contribution < -0.4 is 5.32 Å². The average molecular weight is 113 g/mol. The van der Waals surface area contributed by atoms with E-state index in [2.05, 4.69) is 5.32 Å². The zero-order valence-electron chi connectivity index (χ0n) is 7.04. The van der Waals surface area contributed by atoms with Gasteiger partial charge in [0.15, 0.2) is 0 Å². The Kier molecular flexibility index (Phi) is 0.591. The molecule has 1 saturated carbocycles. The maximum Gasteiger partial charge on any atom is 0.0428 e. The van der Waals surface area contributed by atoms with E-state index in [0.29, 0.717) is 6.42 Å². The lowest BCUT2D eigenvalue weighted by atomic mass is 10.0. The Morgan fingerprint density at radius 1 is 1.25 bits per heavy atom. The maximum atomic E-state index is 7.48. The van der Waals surface area contributed by atoms with Crippen LogP contribution in [-0.2, 0) is 0 Å². The first-order valence-corrected chi connectivity index (χ1v) is 3.41. The van der Waals surface area contributed by atoms with Crippen molar-refractivity contribution in [3.05, 3.63) is 0 Å². The molecular weight excluding hydrogens is 98.1 g/mol. The molecule has 46 valence electrons. The molecule has 0 aromatic heterocycles. The maximum absolute atomic E-state index is 7.48. The van der Waals surface area contributed by atoms with E-state index in [4.69, 9.17) is 2.74 Å². The SMILES string of the molecule is [2H]C1([2H])CCCC2(CC2)N1. The lowest BCUT2D eigenvalue weighted by molar-refractivity contribution is 0.385. The Morgan fingerprint density at radius 3 is 2.62 bits per heavy atom. The fourth-order valence-corrected chi connectivity index (χ4v) is 1.35. The van der Waals surface area contributed by atoms with Crippen LogP contribution in [0, 0.1) is 0 Å². The standard InChI is InChI=1S/C7H13N/c1-2-6-8-7(3-1)4-5-7/h8H,1-6H2/i6D2. The number of hydrogen-bond donors (Lipinski definition) is 1. The number of rotatable bonds is 0. The summed E-state index contributed by atoms with van der Waals surface area (Å²) >= 11 is 0. The van der Waals surface area contributed by atoms with Gasteiger partial charge in [0.2, 0.25) is 0 Å². The highest BCUT2D eigenvalue weighted by Gasteiger charge is 2.42. The van der Waals surface area contributed by atoms with E-state index < -0.39 is 6.50 Å². The van der Waals surface area contributed by atoms with E-state index in [1.165, 1.54) is 19.3 Å². The van der Waals surface area contributed by atoms with E-state index in [9.17, 15) is 0 Å². The summed E-state index contributed by atoms with van der Waals surface area (Å²) in [4.78, 5) is 0. The van der Waals surface area contributed by atoms with Crippen LogP contribution in [0.25, 0.3) is 0 Å². The summed E-state index contributed by atoms with van der Waals surface area (Å²) in [5.41, 5.74) is 0.238. The van der Waals surface area contributed by atoms with E-state index >= 15 is 0 Å². The second kappa shape index (κ2) is 1.47. The van der Waals surface area contributed by atoms with Gasteiger partial charge in [-0.1, -0.05) is 6.42 Å². The fourth-order valence-electron chi connectivity index (χ4n) is 1.35. The molecule has 0 unspecified atom stereocenters. The molecule has 0 amide bonds. The smallest absolute Gasteiger partial charge is 0.0428 e. The number of nitrogens with one attached hydrogen (secondary N) is 1. The first-order valence-electron chi connectivity index (χ1n) is 4.41. The molecule has 1 aliphatic carbocycles. The van der Waals surface area contributed by atoms with E-state index in [-0.39, 0.29) is 5.54 Å². The predicted molar refractivity (Wildman–Crippen MR) is 33.8 cm³/mol. The van der Waals surface area contributed by atoms with Crippen LogP contribution in [0.1, 0.15) is 34.8 Å². The highest BCUT2D eigenvalue weighted by molar-refractivity contribution is 5.03. The minimum absolute atomic E-state index is 0.238. The summed E-state index contributed by atoms with van der Waals surface area (Å²) in [6, 6.07) is 0. The van der Waals surface area contributed by atoms with E-state index in [1.807, 2.05) is 0 Å². The molecule has 2 fully saturated rings. The van der Waals surface area contributed by atoms with Crippen molar-refractivity contribution >= 4 is 0 Å². The van der Waals surface area contributed by atoms with Crippen molar-refractivity contribution in [2.45, 2.75) is 37.6 Å². The lowest BCUT2D eigenvalue weighted by Gasteiger charge is -2.22. The van der Waals surface area contributed by atoms with Crippen molar-refractivity contribution < 1.29 is 2.74 Å². The molecule has 0 bridgehead atoms. The summed E-state index contributed by atoms with van der Waals surface area (Å²) in [5.74, 6) is 0. The second-order valence-electron chi connectivity index (χ2n) is 2.94. The molecule has 0 aromatic carbocycles. The van der Waals surface area contributed by atoms with Crippen LogP contribution in [0.5, 0.6) is 0 Å². The highest BCUT2D eigenvalue weighted by Crippen LogP contribution is 2.41. The molecule has 1 aliphatic heterocycles. The zero-order chi connectivity index (χ0) is 7.24. The third-order valence-corrected chi connectivity index (χ3v) is 2.16. The molecule has 2 aliphatic rings. The van der Waals surface area contributed by atoms with Crippen LogP contribution in [0.4, 0.5) is 0 Å². The van der Waals surface area contributed by atoms with Gasteiger partial charge in [-0.3, -0.25) is 0 Å². The summed E-state index contributed by atoms with van der Waals surface area (Å²) in [6.45, 7) is -1.07. The summed E-state index contributed by atoms with van der Waals surface area (Å²) < 4.78 is 15.0. The summed E-state index contributed by atoms with van der Waals surface area (Å²) in [5, 5.41) is 3.08. The molecule has 1 heteroatoms. The molecular formula is C7H13N. The van der Waals surface area contributed by atoms with Gasteiger partial charge in [0.25, 0.3) is 0 Å². The number of hydrogen-bond acceptors (Lipinski definition) is 1. The molecule has 1 spiro atoms. The third-order valence-electron chi connectivity index (χ3n) is 2.16. The Bertz CT molecular complexity index is 148. The normalized spacial score (nSPS) is 43.0. The molecule has 0 atom stereocenters. The van der Waals surface area contributed by atoms with Crippen molar-refractivity contribution in [3.63, 3.8) is 0 Å². The molecule has 1 heterocycles. The monoisotopic (exact) mass is 113 g/mol. The first-order chi connectivity index (χ1) is 4.62. The second-order valence-corrected chi connectivity index (χ2v) is 2.94. The van der Waals surface area contributed by atoms with Gasteiger partial charge in [0, 0.05) is 8.28 Å². The quantitative estimate of drug-likeness (QED) is 0.499. The lowest BCUT2D eigenvalue weighted by Crippen LogP contribution is -2.35. The van der Waals surface area contributed by atoms with Crippen LogP contribution in [0.3, 0.4) is 0 Å². The van der Waals surface area contributed by atoms with Gasteiger partial charge < -0.3 is 5.32 Å². The molecule has 1 saturated heterocycles. The Balaban J connectivity index is 2.04. The van der Waals surface area contributed by atoms with Gasteiger partial charge in [-0.2, -0.15) is 0 Å². The van der Waals surface area contributed by atoms with Crippen LogP contribution >= 0.6 is 0 Å². The predicted octanol–water partition coefficient (Wildman–Crippen LogP) is 1.29. The van der Waals surface area contributed by atoms with Gasteiger partial charge >= 0.3 is 0 Å².